The van der Waals surface area contributed by atoms with Crippen LogP contribution in [0.4, 0.5) is 0 Å². The molecular weight excluding hydrogens is 278 g/mol. The quantitative estimate of drug-likeness (QED) is 0.777. The summed E-state index contributed by atoms with van der Waals surface area (Å²) in [5.41, 5.74) is 0.458. The van der Waals surface area contributed by atoms with E-state index in [1.165, 1.54) is 44.9 Å². The summed E-state index contributed by atoms with van der Waals surface area (Å²) in [6.07, 6.45) is 9.11. The Bertz CT molecular complexity index is 301. The van der Waals surface area contributed by atoms with Crippen molar-refractivity contribution < 1.29 is 4.79 Å². The lowest BCUT2D eigenvalue weighted by molar-refractivity contribution is -0.123. The molecule has 3 saturated carbocycles. The molecule has 2 atom stereocenters. The van der Waals surface area contributed by atoms with E-state index in [0.29, 0.717) is 17.2 Å². The van der Waals surface area contributed by atoms with Crippen LogP contribution in [0.3, 0.4) is 0 Å². The van der Waals surface area contributed by atoms with Gasteiger partial charge in [0, 0.05) is 17.8 Å². The van der Waals surface area contributed by atoms with Gasteiger partial charge in [-0.1, -0.05) is 28.8 Å². The average molecular weight is 300 g/mol. The summed E-state index contributed by atoms with van der Waals surface area (Å²) >= 11 is 3.51. The number of carbonyl (C=O) groups excluding carboxylic acids is 1. The van der Waals surface area contributed by atoms with E-state index >= 15 is 0 Å². The number of halogens is 1. The van der Waals surface area contributed by atoms with Gasteiger partial charge < -0.3 is 5.32 Å². The Balaban J connectivity index is 1.45. The highest BCUT2D eigenvalue weighted by molar-refractivity contribution is 9.09. The molecule has 1 N–H and O–H groups in total. The molecule has 0 radical (unpaired) electrons. The molecule has 1 amide bonds. The van der Waals surface area contributed by atoms with E-state index in [1.54, 1.807) is 0 Å². The zero-order chi connectivity index (χ0) is 11.9. The molecular formula is C14H22BrNO. The van der Waals surface area contributed by atoms with Crippen LogP contribution < -0.4 is 5.32 Å². The number of amides is 1. The Morgan fingerprint density at radius 3 is 2.41 bits per heavy atom. The van der Waals surface area contributed by atoms with Crippen LogP contribution in [0.2, 0.25) is 0 Å². The Kier molecular flexibility index (Phi) is 3.22. The van der Waals surface area contributed by atoms with Gasteiger partial charge in [0.25, 0.3) is 0 Å². The highest BCUT2D eigenvalue weighted by Crippen LogP contribution is 2.55. The number of hydrogen-bond donors (Lipinski definition) is 1. The Morgan fingerprint density at radius 1 is 1.24 bits per heavy atom. The van der Waals surface area contributed by atoms with Gasteiger partial charge in [0.15, 0.2) is 0 Å². The molecule has 3 aliphatic carbocycles. The van der Waals surface area contributed by atoms with E-state index in [9.17, 15) is 4.79 Å². The summed E-state index contributed by atoms with van der Waals surface area (Å²) in [7, 11) is 0. The van der Waals surface area contributed by atoms with Gasteiger partial charge in [0.05, 0.1) is 0 Å². The van der Waals surface area contributed by atoms with Crippen LogP contribution in [-0.4, -0.2) is 17.8 Å². The van der Waals surface area contributed by atoms with Crippen molar-refractivity contribution in [3.05, 3.63) is 0 Å². The van der Waals surface area contributed by atoms with E-state index in [4.69, 9.17) is 0 Å². The standard InChI is InChI=1S/C14H22BrNO/c15-8-7-14(5-6-14)9-16-13(17)12-10-3-1-2-4-11(10)12/h10-12H,1-9H2,(H,16,17). The van der Waals surface area contributed by atoms with Gasteiger partial charge in [0.2, 0.25) is 5.91 Å². The minimum Gasteiger partial charge on any atom is -0.355 e. The largest absolute Gasteiger partial charge is 0.355 e. The Morgan fingerprint density at radius 2 is 1.88 bits per heavy atom. The minimum absolute atomic E-state index is 0.364. The molecule has 0 bridgehead atoms. The van der Waals surface area contributed by atoms with Crippen molar-refractivity contribution in [2.24, 2.45) is 23.2 Å². The normalized spacial score (nSPS) is 37.1. The molecule has 3 rings (SSSR count). The number of nitrogens with one attached hydrogen (secondary N) is 1. The summed E-state index contributed by atoms with van der Waals surface area (Å²) < 4.78 is 0. The maximum atomic E-state index is 12.1. The van der Waals surface area contributed by atoms with E-state index < -0.39 is 0 Å². The number of hydrogen-bond acceptors (Lipinski definition) is 1. The summed E-state index contributed by atoms with van der Waals surface area (Å²) in [6.45, 7) is 0.924. The van der Waals surface area contributed by atoms with E-state index in [2.05, 4.69) is 21.2 Å². The van der Waals surface area contributed by atoms with Crippen molar-refractivity contribution in [3.63, 3.8) is 0 Å². The molecule has 0 heterocycles. The van der Waals surface area contributed by atoms with Crippen molar-refractivity contribution in [2.75, 3.05) is 11.9 Å². The van der Waals surface area contributed by atoms with Crippen molar-refractivity contribution in [1.29, 1.82) is 0 Å². The molecule has 17 heavy (non-hydrogen) atoms. The second-order valence-corrected chi connectivity index (χ2v) is 7.09. The Hall–Kier alpha value is -0.0500. The highest BCUT2D eigenvalue weighted by atomic mass is 79.9. The maximum Gasteiger partial charge on any atom is 0.223 e. The lowest BCUT2D eigenvalue weighted by Crippen LogP contribution is -2.32. The smallest absolute Gasteiger partial charge is 0.223 e. The first-order valence-corrected chi connectivity index (χ1v) is 8.22. The third-order valence-corrected chi connectivity index (χ3v) is 5.58. The van der Waals surface area contributed by atoms with Crippen LogP contribution in [0.1, 0.15) is 44.9 Å². The fourth-order valence-electron chi connectivity index (χ4n) is 3.67. The van der Waals surface area contributed by atoms with E-state index in [1.807, 2.05) is 0 Å². The molecule has 2 nitrogen and oxygen atoms in total. The van der Waals surface area contributed by atoms with Gasteiger partial charge >= 0.3 is 0 Å². The van der Waals surface area contributed by atoms with Crippen LogP contribution >= 0.6 is 15.9 Å². The van der Waals surface area contributed by atoms with Gasteiger partial charge in [0.1, 0.15) is 0 Å². The number of fused-ring (bicyclic) bond motifs is 1. The number of carbonyl (C=O) groups is 1. The van der Waals surface area contributed by atoms with Gasteiger partial charge in [-0.2, -0.15) is 0 Å². The zero-order valence-corrected chi connectivity index (χ0v) is 12.0. The van der Waals surface area contributed by atoms with E-state index in [0.717, 1.165) is 23.7 Å². The third kappa shape index (κ3) is 2.40. The van der Waals surface area contributed by atoms with Gasteiger partial charge in [-0.25, -0.2) is 0 Å². The Labute approximate surface area is 112 Å². The zero-order valence-electron chi connectivity index (χ0n) is 10.4. The second-order valence-electron chi connectivity index (χ2n) is 6.29. The first-order valence-electron chi connectivity index (χ1n) is 7.09. The first-order chi connectivity index (χ1) is 8.26. The lowest BCUT2D eigenvalue weighted by atomic mass is 10.0. The van der Waals surface area contributed by atoms with Crippen molar-refractivity contribution in [1.82, 2.24) is 5.32 Å². The molecule has 0 aromatic rings. The summed E-state index contributed by atoms with van der Waals surface area (Å²) in [4.78, 5) is 12.1. The van der Waals surface area contributed by atoms with Crippen LogP contribution in [0.15, 0.2) is 0 Å². The summed E-state index contributed by atoms with van der Waals surface area (Å²) in [6, 6.07) is 0. The monoisotopic (exact) mass is 299 g/mol. The van der Waals surface area contributed by atoms with Gasteiger partial charge in [-0.05, 0) is 49.4 Å². The van der Waals surface area contributed by atoms with Crippen molar-refractivity contribution >= 4 is 21.8 Å². The molecule has 96 valence electrons. The molecule has 0 aliphatic heterocycles. The van der Waals surface area contributed by atoms with Crippen LogP contribution in [-0.2, 0) is 4.79 Å². The predicted octanol–water partition coefficient (Wildman–Crippen LogP) is 3.10. The SMILES string of the molecule is O=C(NCC1(CCBr)CC1)C1C2CCCCC21. The van der Waals surface area contributed by atoms with E-state index in [-0.39, 0.29) is 0 Å². The lowest BCUT2D eigenvalue weighted by Gasteiger charge is -2.14. The topological polar surface area (TPSA) is 29.1 Å². The van der Waals surface area contributed by atoms with Crippen LogP contribution in [0, 0.1) is 23.2 Å². The fraction of sp³-hybridized carbons (Fsp3) is 0.929. The maximum absolute atomic E-state index is 12.1. The second kappa shape index (κ2) is 4.56. The molecule has 3 heteroatoms. The van der Waals surface area contributed by atoms with Crippen LogP contribution in [0.5, 0.6) is 0 Å². The first kappa shape index (κ1) is 12.0. The third-order valence-electron chi connectivity index (χ3n) is 5.18. The number of rotatable bonds is 5. The number of alkyl halides is 1. The van der Waals surface area contributed by atoms with Gasteiger partial charge in [-0.15, -0.1) is 0 Å². The predicted molar refractivity (Wildman–Crippen MR) is 72.0 cm³/mol. The fourth-order valence-corrected chi connectivity index (χ4v) is 4.51. The minimum atomic E-state index is 0.364. The molecule has 2 unspecified atom stereocenters. The molecule has 0 aromatic heterocycles. The van der Waals surface area contributed by atoms with Gasteiger partial charge in [-0.3, -0.25) is 4.79 Å². The van der Waals surface area contributed by atoms with Crippen molar-refractivity contribution in [3.8, 4) is 0 Å². The molecule has 3 aliphatic rings. The summed E-state index contributed by atoms with van der Waals surface area (Å²) in [5, 5.41) is 4.30. The van der Waals surface area contributed by atoms with Crippen LogP contribution in [0.25, 0.3) is 0 Å². The molecule has 0 saturated heterocycles. The molecule has 0 spiro atoms. The molecule has 3 fully saturated rings. The average Bonchev–Trinajstić information content (AvgIpc) is 3.22. The highest BCUT2D eigenvalue weighted by Gasteiger charge is 2.55. The molecule has 0 aromatic carbocycles. The summed E-state index contributed by atoms with van der Waals surface area (Å²) in [5.74, 6) is 2.24. The van der Waals surface area contributed by atoms with Crippen molar-refractivity contribution in [2.45, 2.75) is 44.9 Å².